The molecule has 0 bridgehead atoms. The lowest BCUT2D eigenvalue weighted by Crippen LogP contribution is -1.85. The minimum atomic E-state index is 1.29. The maximum Gasteiger partial charge on any atom is 0.0495 e. The summed E-state index contributed by atoms with van der Waals surface area (Å²) in [7, 11) is 2.14. The van der Waals surface area contributed by atoms with Gasteiger partial charge in [0.25, 0.3) is 0 Å². The number of benzene rings is 2. The van der Waals surface area contributed by atoms with Gasteiger partial charge in [0.2, 0.25) is 0 Å². The number of hydrogen-bond acceptors (Lipinski definition) is 1. The molecule has 4 rings (SSSR count). The molecule has 19 heavy (non-hydrogen) atoms. The Balaban J connectivity index is 2.25. The van der Waals surface area contributed by atoms with Crippen LogP contribution in [-0.2, 0) is 7.05 Å². The lowest BCUT2D eigenvalue weighted by Gasteiger charge is -2.02. The van der Waals surface area contributed by atoms with Crippen molar-refractivity contribution in [3.63, 3.8) is 0 Å². The molecule has 0 spiro atoms. The first kappa shape index (κ1) is 10.8. The zero-order chi connectivity index (χ0) is 12.8. The van der Waals surface area contributed by atoms with Crippen LogP contribution in [0, 0.1) is 0 Å². The highest BCUT2D eigenvalue weighted by molar-refractivity contribution is 7.13. The number of aryl methyl sites for hydroxylation is 1. The first-order valence-electron chi connectivity index (χ1n) is 6.36. The molecule has 0 fully saturated rings. The van der Waals surface area contributed by atoms with Crippen LogP contribution in [0.15, 0.2) is 60.0 Å². The summed E-state index contributed by atoms with van der Waals surface area (Å²) in [6.45, 7) is 0. The minimum absolute atomic E-state index is 1.29. The quantitative estimate of drug-likeness (QED) is 0.452. The van der Waals surface area contributed by atoms with Crippen LogP contribution >= 0.6 is 11.3 Å². The van der Waals surface area contributed by atoms with Gasteiger partial charge in [0, 0.05) is 39.3 Å². The van der Waals surface area contributed by atoms with Crippen LogP contribution in [0.25, 0.3) is 32.2 Å². The van der Waals surface area contributed by atoms with Gasteiger partial charge >= 0.3 is 0 Å². The molecule has 0 aliphatic rings. The number of hydrogen-bond donors (Lipinski definition) is 0. The van der Waals surface area contributed by atoms with Crippen LogP contribution in [0.3, 0.4) is 0 Å². The first-order valence-corrected chi connectivity index (χ1v) is 7.24. The number of thiophene rings is 1. The predicted molar refractivity (Wildman–Crippen MR) is 83.7 cm³/mol. The Kier molecular flexibility index (Phi) is 2.26. The fourth-order valence-corrected chi connectivity index (χ4v) is 3.61. The lowest BCUT2D eigenvalue weighted by atomic mass is 10.1. The van der Waals surface area contributed by atoms with Gasteiger partial charge in [-0.05, 0) is 23.6 Å². The summed E-state index contributed by atoms with van der Waals surface area (Å²) in [5, 5.41) is 4.84. The standard InChI is InChI=1S/C17H13NS/c1-18-14-8-3-2-6-12(14)17-13(7-4-9-15(17)18)16-10-5-11-19-16/h2-11H,1H3. The molecule has 1 nitrogen and oxygen atoms in total. The third-order valence-corrected chi connectivity index (χ3v) is 4.63. The van der Waals surface area contributed by atoms with Gasteiger partial charge in [-0.2, -0.15) is 0 Å². The highest BCUT2D eigenvalue weighted by atomic mass is 32.1. The molecule has 4 aromatic rings. The van der Waals surface area contributed by atoms with Crippen molar-refractivity contribution in [3.05, 3.63) is 60.0 Å². The second kappa shape index (κ2) is 3.97. The van der Waals surface area contributed by atoms with Crippen molar-refractivity contribution in [2.75, 3.05) is 0 Å². The van der Waals surface area contributed by atoms with E-state index in [9.17, 15) is 0 Å². The van der Waals surface area contributed by atoms with Gasteiger partial charge < -0.3 is 4.57 Å². The van der Waals surface area contributed by atoms with Crippen molar-refractivity contribution in [2.24, 2.45) is 7.05 Å². The smallest absolute Gasteiger partial charge is 0.0495 e. The van der Waals surface area contributed by atoms with E-state index in [0.29, 0.717) is 0 Å². The van der Waals surface area contributed by atoms with Gasteiger partial charge in [-0.25, -0.2) is 0 Å². The molecule has 0 atom stereocenters. The molecule has 0 aliphatic carbocycles. The molecule has 0 aliphatic heterocycles. The summed E-state index contributed by atoms with van der Waals surface area (Å²) in [4.78, 5) is 1.34. The Labute approximate surface area is 115 Å². The van der Waals surface area contributed by atoms with E-state index in [1.54, 1.807) is 11.3 Å². The molecule has 2 aromatic carbocycles. The Morgan fingerprint density at radius 2 is 1.68 bits per heavy atom. The molecule has 2 heteroatoms. The van der Waals surface area contributed by atoms with Crippen molar-refractivity contribution < 1.29 is 0 Å². The van der Waals surface area contributed by atoms with Crippen molar-refractivity contribution in [3.8, 4) is 10.4 Å². The molecule has 0 unspecified atom stereocenters. The van der Waals surface area contributed by atoms with Crippen molar-refractivity contribution in [2.45, 2.75) is 0 Å². The van der Waals surface area contributed by atoms with Gasteiger partial charge in [-0.1, -0.05) is 36.4 Å². The molecule has 92 valence electrons. The monoisotopic (exact) mass is 263 g/mol. The topological polar surface area (TPSA) is 4.93 Å². The van der Waals surface area contributed by atoms with E-state index in [2.05, 4.69) is 71.6 Å². The van der Waals surface area contributed by atoms with E-state index >= 15 is 0 Å². The van der Waals surface area contributed by atoms with Crippen LogP contribution in [-0.4, -0.2) is 4.57 Å². The average Bonchev–Trinajstić information content (AvgIpc) is 3.08. The van der Waals surface area contributed by atoms with E-state index in [0.717, 1.165) is 0 Å². The third-order valence-electron chi connectivity index (χ3n) is 3.73. The second-order valence-electron chi connectivity index (χ2n) is 4.75. The zero-order valence-electron chi connectivity index (χ0n) is 10.6. The van der Waals surface area contributed by atoms with Gasteiger partial charge in [0.05, 0.1) is 0 Å². The molecular weight excluding hydrogens is 250 g/mol. The van der Waals surface area contributed by atoms with E-state index in [1.807, 2.05) is 0 Å². The van der Waals surface area contributed by atoms with E-state index in [-0.39, 0.29) is 0 Å². The number of nitrogens with zero attached hydrogens (tertiary/aromatic N) is 1. The SMILES string of the molecule is Cn1c2ccccc2c2c(-c3cccs3)cccc21. The summed E-state index contributed by atoms with van der Waals surface area (Å²) < 4.78 is 2.28. The van der Waals surface area contributed by atoms with Gasteiger partial charge in [0.1, 0.15) is 0 Å². The normalized spacial score (nSPS) is 11.4. The predicted octanol–water partition coefficient (Wildman–Crippen LogP) is 5.06. The summed E-state index contributed by atoms with van der Waals surface area (Å²) in [6.07, 6.45) is 0. The molecule has 2 heterocycles. The molecule has 0 N–H and O–H groups in total. The molecule has 2 aromatic heterocycles. The van der Waals surface area contributed by atoms with Gasteiger partial charge in [-0.15, -0.1) is 11.3 Å². The first-order chi connectivity index (χ1) is 9.36. The van der Waals surface area contributed by atoms with Gasteiger partial charge in [0.15, 0.2) is 0 Å². The minimum Gasteiger partial charge on any atom is -0.344 e. The maximum absolute atomic E-state index is 2.28. The van der Waals surface area contributed by atoms with Crippen LogP contribution < -0.4 is 0 Å². The summed E-state index contributed by atoms with van der Waals surface area (Å²) in [5.41, 5.74) is 3.93. The second-order valence-corrected chi connectivity index (χ2v) is 5.70. The Bertz CT molecular complexity index is 869. The number of para-hydroxylation sites is 1. The van der Waals surface area contributed by atoms with Crippen molar-refractivity contribution in [1.82, 2.24) is 4.57 Å². The molecular formula is C17H13NS. The van der Waals surface area contributed by atoms with Crippen molar-refractivity contribution in [1.29, 1.82) is 0 Å². The Hall–Kier alpha value is -2.06. The van der Waals surface area contributed by atoms with Crippen LogP contribution in [0.5, 0.6) is 0 Å². The average molecular weight is 263 g/mol. The van der Waals surface area contributed by atoms with Crippen LogP contribution in [0.1, 0.15) is 0 Å². The number of rotatable bonds is 1. The number of fused-ring (bicyclic) bond motifs is 3. The summed E-state index contributed by atoms with van der Waals surface area (Å²) in [5.74, 6) is 0. The van der Waals surface area contributed by atoms with Crippen molar-refractivity contribution >= 4 is 33.1 Å². The molecule has 0 amide bonds. The summed E-state index contributed by atoms with van der Waals surface area (Å²) >= 11 is 1.80. The van der Waals surface area contributed by atoms with E-state index < -0.39 is 0 Å². The summed E-state index contributed by atoms with van der Waals surface area (Å²) in [6, 6.07) is 19.5. The zero-order valence-corrected chi connectivity index (χ0v) is 11.4. The molecule has 0 radical (unpaired) electrons. The fraction of sp³-hybridized carbons (Fsp3) is 0.0588. The van der Waals surface area contributed by atoms with Crippen LogP contribution in [0.2, 0.25) is 0 Å². The lowest BCUT2D eigenvalue weighted by molar-refractivity contribution is 1.01. The largest absolute Gasteiger partial charge is 0.344 e. The molecule has 0 saturated carbocycles. The van der Waals surface area contributed by atoms with E-state index in [4.69, 9.17) is 0 Å². The fourth-order valence-electron chi connectivity index (χ4n) is 2.85. The molecule has 0 saturated heterocycles. The maximum atomic E-state index is 2.28. The number of aromatic nitrogens is 1. The van der Waals surface area contributed by atoms with Crippen LogP contribution in [0.4, 0.5) is 0 Å². The van der Waals surface area contributed by atoms with E-state index in [1.165, 1.54) is 32.2 Å². The third kappa shape index (κ3) is 1.47. The highest BCUT2D eigenvalue weighted by Gasteiger charge is 2.12. The highest BCUT2D eigenvalue weighted by Crippen LogP contribution is 2.37. The Morgan fingerprint density at radius 3 is 2.53 bits per heavy atom. The Morgan fingerprint density at radius 1 is 0.842 bits per heavy atom. The van der Waals surface area contributed by atoms with Gasteiger partial charge in [-0.3, -0.25) is 0 Å².